The van der Waals surface area contributed by atoms with Crippen molar-refractivity contribution in [2.45, 2.75) is 26.9 Å². The van der Waals surface area contributed by atoms with Crippen molar-refractivity contribution < 1.29 is 4.79 Å². The Kier molecular flexibility index (Phi) is 6.82. The number of rotatable bonds is 6. The highest BCUT2D eigenvalue weighted by Crippen LogP contribution is 2.19. The number of benzene rings is 2. The molecule has 0 unspecified atom stereocenters. The molecule has 2 aromatic rings. The number of halogens is 1. The Balaban J connectivity index is 1.89. The summed E-state index contributed by atoms with van der Waals surface area (Å²) in [6.45, 7) is 6.56. The standard InChI is InChI=1S/C19H24BrN3O/c1-4-23(3)13-16-7-5-6-15(11-16)12-21-19(24)22-17-8-9-18(20)14(2)10-17/h5-11H,4,12-13H2,1-3H3,(H2,21,22,24). The van der Waals surface area contributed by atoms with E-state index in [0.717, 1.165) is 34.4 Å². The first-order valence-corrected chi connectivity index (χ1v) is 8.84. The molecule has 5 heteroatoms. The molecule has 0 fully saturated rings. The lowest BCUT2D eigenvalue weighted by Gasteiger charge is -2.14. The van der Waals surface area contributed by atoms with E-state index in [1.807, 2.05) is 37.3 Å². The fraction of sp³-hybridized carbons (Fsp3) is 0.316. The van der Waals surface area contributed by atoms with E-state index < -0.39 is 0 Å². The number of carbonyl (C=O) groups excluding carboxylic acids is 1. The topological polar surface area (TPSA) is 44.4 Å². The summed E-state index contributed by atoms with van der Waals surface area (Å²) in [6, 6.07) is 13.8. The molecule has 24 heavy (non-hydrogen) atoms. The summed E-state index contributed by atoms with van der Waals surface area (Å²) in [5.74, 6) is 0. The second-order valence-corrected chi connectivity index (χ2v) is 6.78. The quantitative estimate of drug-likeness (QED) is 0.761. The number of aryl methyl sites for hydroxylation is 1. The zero-order valence-corrected chi connectivity index (χ0v) is 16.0. The van der Waals surface area contributed by atoms with Crippen LogP contribution in [0.1, 0.15) is 23.6 Å². The molecule has 0 aromatic heterocycles. The van der Waals surface area contributed by atoms with Gasteiger partial charge in [-0.25, -0.2) is 4.79 Å². The van der Waals surface area contributed by atoms with E-state index in [0.29, 0.717) is 6.54 Å². The predicted molar refractivity (Wildman–Crippen MR) is 103 cm³/mol. The summed E-state index contributed by atoms with van der Waals surface area (Å²) < 4.78 is 1.03. The highest BCUT2D eigenvalue weighted by Gasteiger charge is 2.04. The highest BCUT2D eigenvalue weighted by molar-refractivity contribution is 9.10. The molecular weight excluding hydrogens is 366 g/mol. The number of urea groups is 1. The molecule has 0 bridgehead atoms. The summed E-state index contributed by atoms with van der Waals surface area (Å²) >= 11 is 3.45. The summed E-state index contributed by atoms with van der Waals surface area (Å²) in [4.78, 5) is 14.3. The fourth-order valence-electron chi connectivity index (χ4n) is 2.34. The number of carbonyl (C=O) groups is 1. The normalized spacial score (nSPS) is 10.7. The molecule has 2 amide bonds. The first kappa shape index (κ1) is 18.5. The SMILES string of the molecule is CCN(C)Cc1cccc(CNC(=O)Nc2ccc(Br)c(C)c2)c1. The average Bonchev–Trinajstić information content (AvgIpc) is 2.56. The number of anilines is 1. The molecule has 4 nitrogen and oxygen atoms in total. The lowest BCUT2D eigenvalue weighted by Crippen LogP contribution is -2.28. The first-order valence-electron chi connectivity index (χ1n) is 8.05. The van der Waals surface area contributed by atoms with Crippen molar-refractivity contribution in [2.24, 2.45) is 0 Å². The van der Waals surface area contributed by atoms with E-state index in [1.165, 1.54) is 5.56 Å². The van der Waals surface area contributed by atoms with E-state index in [9.17, 15) is 4.79 Å². The largest absolute Gasteiger partial charge is 0.334 e. The molecule has 128 valence electrons. The van der Waals surface area contributed by atoms with Crippen LogP contribution < -0.4 is 10.6 Å². The number of nitrogens with zero attached hydrogens (tertiary/aromatic N) is 1. The number of amides is 2. The van der Waals surface area contributed by atoms with Crippen molar-refractivity contribution >= 4 is 27.6 Å². The van der Waals surface area contributed by atoms with Gasteiger partial charge in [0.1, 0.15) is 0 Å². The molecule has 0 aliphatic carbocycles. The van der Waals surface area contributed by atoms with Crippen LogP contribution >= 0.6 is 15.9 Å². The molecule has 0 atom stereocenters. The van der Waals surface area contributed by atoms with E-state index in [1.54, 1.807) is 0 Å². The Hall–Kier alpha value is -1.85. The molecular formula is C19H24BrN3O. The van der Waals surface area contributed by atoms with Crippen molar-refractivity contribution in [2.75, 3.05) is 18.9 Å². The Labute approximate surface area is 152 Å². The zero-order chi connectivity index (χ0) is 17.5. The zero-order valence-electron chi connectivity index (χ0n) is 14.4. The van der Waals surface area contributed by atoms with Gasteiger partial charge in [-0.1, -0.05) is 47.1 Å². The van der Waals surface area contributed by atoms with Crippen LogP contribution in [-0.4, -0.2) is 24.5 Å². The van der Waals surface area contributed by atoms with Crippen LogP contribution in [0.15, 0.2) is 46.9 Å². The maximum atomic E-state index is 12.0. The monoisotopic (exact) mass is 389 g/mol. The third kappa shape index (κ3) is 5.65. The van der Waals surface area contributed by atoms with Gasteiger partial charge in [0.25, 0.3) is 0 Å². The Morgan fingerprint density at radius 2 is 1.92 bits per heavy atom. The average molecular weight is 390 g/mol. The molecule has 0 heterocycles. The van der Waals surface area contributed by atoms with Crippen LogP contribution in [0, 0.1) is 6.92 Å². The summed E-state index contributed by atoms with van der Waals surface area (Å²) in [5, 5.41) is 5.76. The van der Waals surface area contributed by atoms with Crippen LogP contribution in [0.25, 0.3) is 0 Å². The van der Waals surface area contributed by atoms with E-state index in [-0.39, 0.29) is 6.03 Å². The van der Waals surface area contributed by atoms with Gasteiger partial charge in [0.2, 0.25) is 0 Å². The third-order valence-electron chi connectivity index (χ3n) is 3.85. The first-order chi connectivity index (χ1) is 11.5. The second kappa shape index (κ2) is 8.85. The summed E-state index contributed by atoms with van der Waals surface area (Å²) in [7, 11) is 2.10. The third-order valence-corrected chi connectivity index (χ3v) is 4.74. The second-order valence-electron chi connectivity index (χ2n) is 5.92. The molecule has 0 saturated carbocycles. The number of nitrogens with one attached hydrogen (secondary N) is 2. The Morgan fingerprint density at radius 1 is 1.17 bits per heavy atom. The molecule has 0 radical (unpaired) electrons. The number of hydrogen-bond acceptors (Lipinski definition) is 2. The van der Waals surface area contributed by atoms with Gasteiger partial charge in [-0.2, -0.15) is 0 Å². The molecule has 0 spiro atoms. The molecule has 0 saturated heterocycles. The molecule has 2 N–H and O–H groups in total. The summed E-state index contributed by atoms with van der Waals surface area (Å²) in [5.41, 5.74) is 4.22. The Bertz CT molecular complexity index is 703. The number of hydrogen-bond donors (Lipinski definition) is 2. The van der Waals surface area contributed by atoms with Gasteiger partial charge in [0.15, 0.2) is 0 Å². The van der Waals surface area contributed by atoms with Gasteiger partial charge in [0.05, 0.1) is 0 Å². The van der Waals surface area contributed by atoms with E-state index >= 15 is 0 Å². The Morgan fingerprint density at radius 3 is 2.62 bits per heavy atom. The van der Waals surface area contributed by atoms with Crippen molar-refractivity contribution in [3.05, 3.63) is 63.6 Å². The van der Waals surface area contributed by atoms with Gasteiger partial charge in [-0.05, 0) is 55.4 Å². The fourth-order valence-corrected chi connectivity index (χ4v) is 2.59. The van der Waals surface area contributed by atoms with Crippen molar-refractivity contribution in [3.63, 3.8) is 0 Å². The van der Waals surface area contributed by atoms with Gasteiger partial charge in [-0.3, -0.25) is 0 Å². The van der Waals surface area contributed by atoms with Gasteiger partial charge < -0.3 is 15.5 Å². The van der Waals surface area contributed by atoms with Crippen LogP contribution in [0.2, 0.25) is 0 Å². The van der Waals surface area contributed by atoms with Gasteiger partial charge in [0, 0.05) is 23.2 Å². The van der Waals surface area contributed by atoms with Gasteiger partial charge in [-0.15, -0.1) is 0 Å². The molecule has 0 aliphatic heterocycles. The maximum absolute atomic E-state index is 12.0. The molecule has 2 aromatic carbocycles. The minimum absolute atomic E-state index is 0.201. The van der Waals surface area contributed by atoms with Crippen molar-refractivity contribution in [1.29, 1.82) is 0 Å². The summed E-state index contributed by atoms with van der Waals surface area (Å²) in [6.07, 6.45) is 0. The van der Waals surface area contributed by atoms with Crippen LogP contribution in [0.3, 0.4) is 0 Å². The highest BCUT2D eigenvalue weighted by atomic mass is 79.9. The van der Waals surface area contributed by atoms with E-state index in [2.05, 4.69) is 57.6 Å². The van der Waals surface area contributed by atoms with Gasteiger partial charge >= 0.3 is 6.03 Å². The van der Waals surface area contributed by atoms with Crippen LogP contribution in [-0.2, 0) is 13.1 Å². The maximum Gasteiger partial charge on any atom is 0.319 e. The lowest BCUT2D eigenvalue weighted by atomic mass is 10.1. The minimum atomic E-state index is -0.201. The molecule has 0 aliphatic rings. The predicted octanol–water partition coefficient (Wildman–Crippen LogP) is 4.53. The van der Waals surface area contributed by atoms with Crippen molar-refractivity contribution in [1.82, 2.24) is 10.2 Å². The van der Waals surface area contributed by atoms with Crippen molar-refractivity contribution in [3.8, 4) is 0 Å². The minimum Gasteiger partial charge on any atom is -0.334 e. The van der Waals surface area contributed by atoms with Crippen LogP contribution in [0.5, 0.6) is 0 Å². The van der Waals surface area contributed by atoms with E-state index in [4.69, 9.17) is 0 Å². The molecule has 2 rings (SSSR count). The lowest BCUT2D eigenvalue weighted by molar-refractivity contribution is 0.251. The smallest absolute Gasteiger partial charge is 0.319 e. The van der Waals surface area contributed by atoms with Crippen LogP contribution in [0.4, 0.5) is 10.5 Å².